The molecule has 3 aromatic heterocycles. The predicted octanol–water partition coefficient (Wildman–Crippen LogP) is 6.45. The third-order valence-corrected chi connectivity index (χ3v) is 9.42. The first-order valence-corrected chi connectivity index (χ1v) is 15.7. The number of nitrogens with zero attached hydrogens (tertiary/aromatic N) is 6. The summed E-state index contributed by atoms with van der Waals surface area (Å²) < 4.78 is 91.1. The number of halogens is 6. The second-order valence-electron chi connectivity index (χ2n) is 13.0. The summed E-state index contributed by atoms with van der Waals surface area (Å²) in [5, 5.41) is 13.5. The van der Waals surface area contributed by atoms with E-state index in [1.165, 1.54) is 24.4 Å². The molecule has 2 aliphatic carbocycles. The van der Waals surface area contributed by atoms with Gasteiger partial charge in [-0.05, 0) is 72.7 Å². The Morgan fingerprint density at radius 1 is 1.10 bits per heavy atom. The van der Waals surface area contributed by atoms with Gasteiger partial charge in [0.15, 0.2) is 0 Å². The SMILES string of the molecule is CC(C)c1ccc(-n2c([C@@H](Cc3cc(F)cc(F)c3)C(C(N)=O)n3nc(C(F)F)c4c3C(F)(F)[C@@H]3C[C@H]43)nc3cc(C#N)ccc3c2=O)cn1. The van der Waals surface area contributed by atoms with Crippen molar-refractivity contribution in [3.05, 3.63) is 116 Å². The second kappa shape index (κ2) is 11.8. The molecule has 0 spiro atoms. The van der Waals surface area contributed by atoms with E-state index in [1.807, 2.05) is 19.9 Å². The monoisotopic (exact) mass is 691 g/mol. The van der Waals surface area contributed by atoms with Crippen LogP contribution in [0.1, 0.15) is 90.1 Å². The maximum atomic E-state index is 15.9. The maximum Gasteiger partial charge on any atom is 0.293 e. The number of hydrogen-bond donors (Lipinski definition) is 1. The Morgan fingerprint density at radius 2 is 1.82 bits per heavy atom. The summed E-state index contributed by atoms with van der Waals surface area (Å²) in [4.78, 5) is 37.0. The van der Waals surface area contributed by atoms with E-state index in [-0.39, 0.29) is 51.4 Å². The molecule has 1 amide bonds. The Bertz CT molecular complexity index is 2270. The lowest BCUT2D eigenvalue weighted by Crippen LogP contribution is -2.39. The van der Waals surface area contributed by atoms with Crippen LogP contribution in [-0.2, 0) is 17.1 Å². The molecule has 0 saturated heterocycles. The third-order valence-electron chi connectivity index (χ3n) is 9.42. The Morgan fingerprint density at radius 3 is 2.42 bits per heavy atom. The second-order valence-corrected chi connectivity index (χ2v) is 13.0. The van der Waals surface area contributed by atoms with E-state index < -0.39 is 77.1 Å². The molecule has 1 fully saturated rings. The molecule has 1 saturated carbocycles. The van der Waals surface area contributed by atoms with Crippen molar-refractivity contribution in [1.82, 2.24) is 24.3 Å². The highest BCUT2D eigenvalue weighted by Crippen LogP contribution is 2.68. The van der Waals surface area contributed by atoms with Crippen molar-refractivity contribution in [3.8, 4) is 11.8 Å². The van der Waals surface area contributed by atoms with Gasteiger partial charge in [-0.1, -0.05) is 13.8 Å². The van der Waals surface area contributed by atoms with Gasteiger partial charge < -0.3 is 5.73 Å². The van der Waals surface area contributed by atoms with Gasteiger partial charge in [0.2, 0.25) is 5.91 Å². The Labute approximate surface area is 280 Å². The van der Waals surface area contributed by atoms with E-state index in [4.69, 9.17) is 5.73 Å². The van der Waals surface area contributed by atoms with Crippen molar-refractivity contribution < 1.29 is 31.1 Å². The molecule has 0 bridgehead atoms. The Balaban J connectivity index is 1.55. The summed E-state index contributed by atoms with van der Waals surface area (Å²) in [5.74, 6) is -11.1. The van der Waals surface area contributed by atoms with Crippen molar-refractivity contribution in [2.24, 2.45) is 11.7 Å². The first-order chi connectivity index (χ1) is 23.7. The number of carbonyl (C=O) groups is 1. The molecule has 50 heavy (non-hydrogen) atoms. The molecule has 2 aromatic carbocycles. The molecule has 2 aliphatic rings. The van der Waals surface area contributed by atoms with Crippen molar-refractivity contribution in [2.45, 2.75) is 62.8 Å². The van der Waals surface area contributed by atoms with Gasteiger partial charge in [-0.15, -0.1) is 0 Å². The van der Waals surface area contributed by atoms with Gasteiger partial charge in [0, 0.05) is 23.2 Å². The van der Waals surface area contributed by atoms with E-state index in [9.17, 15) is 32.4 Å². The topological polar surface area (TPSA) is 132 Å². The lowest BCUT2D eigenvalue weighted by molar-refractivity contribution is -0.122. The molecule has 0 aliphatic heterocycles. The first-order valence-electron chi connectivity index (χ1n) is 15.7. The zero-order valence-electron chi connectivity index (χ0n) is 26.4. The number of benzene rings is 2. The summed E-state index contributed by atoms with van der Waals surface area (Å²) in [6.07, 6.45) is -2.52. The lowest BCUT2D eigenvalue weighted by atomic mass is 9.89. The standard InChI is InChI=1S/C35H27F6N7O2/c1-15(2)25-6-4-20(14-44-25)47-33(45-26-10-16(13-42)3-5-21(26)34(47)50)23(9-17-7-18(36)11-19(37)8-17)29(32(43)49)48-30-27(28(46-48)31(38)39)22-12-24(22)35(30,40)41/h3-8,10-11,14-15,22-24,29,31H,9,12H2,1-2H3,(H2,43,49)/t22-,23-,24+,29?/m0/s1. The summed E-state index contributed by atoms with van der Waals surface area (Å²) in [5.41, 5.74) is 3.76. The van der Waals surface area contributed by atoms with Crippen LogP contribution >= 0.6 is 0 Å². The number of amides is 1. The summed E-state index contributed by atoms with van der Waals surface area (Å²) in [7, 11) is 0. The van der Waals surface area contributed by atoms with Crippen LogP contribution in [0.15, 0.2) is 59.5 Å². The Kier molecular flexibility index (Phi) is 7.80. The molecule has 15 heteroatoms. The molecule has 1 unspecified atom stereocenters. The number of nitrogens with two attached hydrogens (primary N) is 1. The quantitative estimate of drug-likeness (QED) is 0.177. The predicted molar refractivity (Wildman–Crippen MR) is 167 cm³/mol. The highest BCUT2D eigenvalue weighted by Gasteiger charge is 2.67. The number of alkyl halides is 4. The smallest absolute Gasteiger partial charge is 0.293 e. The average Bonchev–Trinajstić information content (AvgIpc) is 3.71. The van der Waals surface area contributed by atoms with Gasteiger partial charge in [0.1, 0.15) is 34.9 Å². The van der Waals surface area contributed by atoms with Crippen LogP contribution in [0.5, 0.6) is 0 Å². The number of primary amides is 1. The van der Waals surface area contributed by atoms with Gasteiger partial charge >= 0.3 is 0 Å². The number of hydrogen-bond acceptors (Lipinski definition) is 6. The molecule has 9 nitrogen and oxygen atoms in total. The van der Waals surface area contributed by atoms with Crippen LogP contribution in [0.2, 0.25) is 0 Å². The molecule has 7 rings (SSSR count). The Hall–Kier alpha value is -5.52. The normalized spacial score (nSPS) is 18.6. The number of fused-ring (bicyclic) bond motifs is 4. The molecule has 256 valence electrons. The van der Waals surface area contributed by atoms with Crippen molar-refractivity contribution in [3.63, 3.8) is 0 Å². The van der Waals surface area contributed by atoms with E-state index in [2.05, 4.69) is 15.1 Å². The minimum Gasteiger partial charge on any atom is -0.368 e. The lowest BCUT2D eigenvalue weighted by Gasteiger charge is -2.29. The van der Waals surface area contributed by atoms with Crippen LogP contribution in [-0.4, -0.2) is 30.2 Å². The summed E-state index contributed by atoms with van der Waals surface area (Å²) in [6, 6.07) is 9.63. The minimum absolute atomic E-state index is 0.00643. The van der Waals surface area contributed by atoms with E-state index in [1.54, 1.807) is 12.1 Å². The zero-order chi connectivity index (χ0) is 35.8. The fourth-order valence-electron chi connectivity index (χ4n) is 7.07. The number of aromatic nitrogens is 5. The summed E-state index contributed by atoms with van der Waals surface area (Å²) >= 11 is 0. The number of nitriles is 1. The molecule has 3 heterocycles. The highest BCUT2D eigenvalue weighted by atomic mass is 19.3. The van der Waals surface area contributed by atoms with Gasteiger partial charge in [-0.3, -0.25) is 19.1 Å². The van der Waals surface area contributed by atoms with Crippen LogP contribution in [0.3, 0.4) is 0 Å². The maximum absolute atomic E-state index is 15.9. The summed E-state index contributed by atoms with van der Waals surface area (Å²) in [6.45, 7) is 3.79. The van der Waals surface area contributed by atoms with Crippen LogP contribution in [0.25, 0.3) is 16.6 Å². The van der Waals surface area contributed by atoms with E-state index in [0.29, 0.717) is 16.4 Å². The number of rotatable bonds is 9. The zero-order valence-corrected chi connectivity index (χ0v) is 26.4. The van der Waals surface area contributed by atoms with Crippen LogP contribution in [0.4, 0.5) is 26.3 Å². The van der Waals surface area contributed by atoms with E-state index >= 15 is 8.78 Å². The minimum atomic E-state index is -3.67. The van der Waals surface area contributed by atoms with Gasteiger partial charge in [-0.25, -0.2) is 27.2 Å². The highest BCUT2D eigenvalue weighted by molar-refractivity contribution is 5.81. The molecule has 5 aromatic rings. The van der Waals surface area contributed by atoms with Gasteiger partial charge in [-0.2, -0.15) is 19.1 Å². The largest absolute Gasteiger partial charge is 0.368 e. The third kappa shape index (κ3) is 5.30. The van der Waals surface area contributed by atoms with Crippen LogP contribution in [0, 0.1) is 28.9 Å². The number of pyridine rings is 1. The molecule has 2 N–H and O–H groups in total. The first kappa shape index (κ1) is 33.0. The number of carbonyl (C=O) groups excluding carboxylic acids is 1. The average molecular weight is 692 g/mol. The van der Waals surface area contributed by atoms with Crippen LogP contribution < -0.4 is 11.3 Å². The molecule has 0 radical (unpaired) electrons. The fraction of sp³-hybridized carbons (Fsp3) is 0.314. The van der Waals surface area contributed by atoms with Gasteiger partial charge in [0.25, 0.3) is 17.9 Å². The molecular formula is C35H27F6N7O2. The van der Waals surface area contributed by atoms with Gasteiger partial charge in [0.05, 0.1) is 40.3 Å². The molecule has 4 atom stereocenters. The van der Waals surface area contributed by atoms with Crippen molar-refractivity contribution in [1.29, 1.82) is 5.26 Å². The van der Waals surface area contributed by atoms with Crippen molar-refractivity contribution >= 4 is 16.8 Å². The fourth-order valence-corrected chi connectivity index (χ4v) is 7.07. The molecular weight excluding hydrogens is 664 g/mol. The van der Waals surface area contributed by atoms with Crippen molar-refractivity contribution in [2.75, 3.05) is 0 Å². The van der Waals surface area contributed by atoms with E-state index in [0.717, 1.165) is 16.7 Å².